The van der Waals surface area contributed by atoms with E-state index >= 15 is 0 Å². The fourth-order valence-corrected chi connectivity index (χ4v) is 1.98. The van der Waals surface area contributed by atoms with Gasteiger partial charge in [-0.2, -0.15) is 0 Å². The molecule has 0 bridgehead atoms. The van der Waals surface area contributed by atoms with Crippen LogP contribution in [0.25, 0.3) is 0 Å². The molecule has 0 saturated carbocycles. The van der Waals surface area contributed by atoms with Crippen LogP contribution in [0.5, 0.6) is 0 Å². The first-order valence-electron chi connectivity index (χ1n) is 5.87. The third-order valence-electron chi connectivity index (χ3n) is 3.35. The first-order valence-corrected chi connectivity index (χ1v) is 5.87. The van der Waals surface area contributed by atoms with E-state index in [-0.39, 0.29) is 46.5 Å². The van der Waals surface area contributed by atoms with Crippen molar-refractivity contribution in [2.75, 3.05) is 0 Å². The van der Waals surface area contributed by atoms with Crippen molar-refractivity contribution in [2.24, 2.45) is 11.3 Å². The Morgan fingerprint density at radius 2 is 1.65 bits per heavy atom. The Hall–Kier alpha value is 0.200. The average molecular weight is 272 g/mol. The second kappa shape index (κ2) is 9.17. The van der Waals surface area contributed by atoms with E-state index in [0.29, 0.717) is 12.8 Å². The quantitative estimate of drug-likeness (QED) is 0.404. The van der Waals surface area contributed by atoms with Gasteiger partial charge in [0.25, 0.3) is 0 Å². The van der Waals surface area contributed by atoms with Crippen molar-refractivity contribution in [3.05, 3.63) is 0 Å². The van der Waals surface area contributed by atoms with E-state index < -0.39 is 17.4 Å². The topological polar surface area (TPSA) is 74.6 Å². The van der Waals surface area contributed by atoms with Gasteiger partial charge < -0.3 is 13.1 Å². The summed E-state index contributed by atoms with van der Waals surface area (Å²) in [5.74, 6) is -2.76. The van der Waals surface area contributed by atoms with E-state index in [1.54, 1.807) is 0 Å². The molecule has 1 atom stereocenters. The van der Waals surface area contributed by atoms with Gasteiger partial charge >= 0.3 is 49.7 Å². The number of unbranched alkanes of at least 4 members (excludes halogenated alkanes) is 2. The second-order valence-corrected chi connectivity index (χ2v) is 4.41. The predicted molar refractivity (Wildman–Crippen MR) is 69.3 cm³/mol. The van der Waals surface area contributed by atoms with Crippen molar-refractivity contribution in [3.63, 3.8) is 0 Å². The monoisotopic (exact) mass is 272 g/mol. The zero-order valence-corrected chi connectivity index (χ0v) is 13.2. The van der Waals surface area contributed by atoms with E-state index in [1.165, 1.54) is 6.92 Å². The van der Waals surface area contributed by atoms with Gasteiger partial charge in [-0.25, -0.2) is 0 Å². The van der Waals surface area contributed by atoms with Crippen LogP contribution in [0.1, 0.15) is 55.7 Å². The SMILES string of the molecule is CCCCCC(CC)C(C)(C(=O)O)C(=O)O.[Ca+2].[H-].[H-]. The molecular weight excluding hydrogens is 248 g/mol. The van der Waals surface area contributed by atoms with Gasteiger partial charge in [-0.15, -0.1) is 0 Å². The minimum Gasteiger partial charge on any atom is -1.00 e. The molecule has 0 aromatic rings. The molecule has 0 rings (SSSR count). The molecule has 0 spiro atoms. The van der Waals surface area contributed by atoms with Crippen LogP contribution < -0.4 is 0 Å². The van der Waals surface area contributed by atoms with Crippen molar-refractivity contribution in [2.45, 2.75) is 52.9 Å². The molecule has 0 amide bonds. The van der Waals surface area contributed by atoms with Gasteiger partial charge in [0.05, 0.1) is 0 Å². The van der Waals surface area contributed by atoms with Crippen molar-refractivity contribution >= 4 is 49.7 Å². The Morgan fingerprint density at radius 3 is 1.94 bits per heavy atom. The standard InChI is InChI=1S/C12H22O4.Ca.2H/c1-4-6-7-8-9(5-2)12(3,10(13)14)11(15)16;;;/h9H,4-8H2,1-3H3,(H,13,14)(H,15,16);;;/q;+2;2*-1. The van der Waals surface area contributed by atoms with Crippen LogP contribution in [-0.2, 0) is 9.59 Å². The van der Waals surface area contributed by atoms with Gasteiger partial charge in [0.2, 0.25) is 0 Å². The Kier molecular flexibility index (Phi) is 10.5. The fourth-order valence-electron chi connectivity index (χ4n) is 1.98. The van der Waals surface area contributed by atoms with Crippen LogP contribution in [0.3, 0.4) is 0 Å². The van der Waals surface area contributed by atoms with Gasteiger partial charge in [0, 0.05) is 0 Å². The molecule has 17 heavy (non-hydrogen) atoms. The molecule has 0 fully saturated rings. The van der Waals surface area contributed by atoms with Crippen LogP contribution in [0.2, 0.25) is 0 Å². The minimum absolute atomic E-state index is 0. The van der Waals surface area contributed by atoms with Gasteiger partial charge in [-0.3, -0.25) is 9.59 Å². The Morgan fingerprint density at radius 1 is 1.18 bits per heavy atom. The molecule has 0 heterocycles. The largest absolute Gasteiger partial charge is 2.00 e. The van der Waals surface area contributed by atoms with Crippen LogP contribution in [0.15, 0.2) is 0 Å². The maximum atomic E-state index is 11.1. The summed E-state index contributed by atoms with van der Waals surface area (Å²) in [6.07, 6.45) is 4.21. The number of hydrogen-bond donors (Lipinski definition) is 2. The van der Waals surface area contributed by atoms with Crippen molar-refractivity contribution in [1.29, 1.82) is 0 Å². The molecule has 1 unspecified atom stereocenters. The number of aliphatic carboxylic acids is 2. The molecule has 0 aromatic carbocycles. The molecule has 0 aliphatic rings. The molecule has 0 aliphatic carbocycles. The van der Waals surface area contributed by atoms with Crippen LogP contribution in [-0.4, -0.2) is 59.9 Å². The Labute approximate surface area is 136 Å². The molecular formula is C12H24CaO4. The summed E-state index contributed by atoms with van der Waals surface area (Å²) >= 11 is 0. The van der Waals surface area contributed by atoms with Gasteiger partial charge in [0.1, 0.15) is 0 Å². The fraction of sp³-hybridized carbons (Fsp3) is 0.833. The summed E-state index contributed by atoms with van der Waals surface area (Å²) in [6.45, 7) is 5.23. The van der Waals surface area contributed by atoms with E-state index in [2.05, 4.69) is 6.92 Å². The molecule has 0 radical (unpaired) electrons. The molecule has 5 heteroatoms. The summed E-state index contributed by atoms with van der Waals surface area (Å²) in [5, 5.41) is 18.2. The minimum atomic E-state index is -1.65. The van der Waals surface area contributed by atoms with Gasteiger partial charge in [0.15, 0.2) is 5.41 Å². The smallest absolute Gasteiger partial charge is 1.00 e. The van der Waals surface area contributed by atoms with E-state index in [4.69, 9.17) is 10.2 Å². The first-order chi connectivity index (χ1) is 7.41. The molecule has 4 nitrogen and oxygen atoms in total. The predicted octanol–water partition coefficient (Wildman–Crippen LogP) is 2.61. The Bertz CT molecular complexity index is 248. The van der Waals surface area contributed by atoms with Crippen LogP contribution in [0.4, 0.5) is 0 Å². The molecule has 0 aliphatic heterocycles. The third kappa shape index (κ3) is 5.14. The van der Waals surface area contributed by atoms with Crippen LogP contribution in [0, 0.1) is 11.3 Å². The van der Waals surface area contributed by atoms with E-state index in [1.807, 2.05) is 6.92 Å². The van der Waals surface area contributed by atoms with Crippen molar-refractivity contribution in [3.8, 4) is 0 Å². The second-order valence-electron chi connectivity index (χ2n) is 4.41. The molecule has 0 aromatic heterocycles. The summed E-state index contributed by atoms with van der Waals surface area (Å²) in [7, 11) is 0. The average Bonchev–Trinajstić information content (AvgIpc) is 2.23. The molecule has 2 N–H and O–H groups in total. The summed E-state index contributed by atoms with van der Waals surface area (Å²) in [5.41, 5.74) is -1.65. The number of carbonyl (C=O) groups is 2. The third-order valence-corrected chi connectivity index (χ3v) is 3.35. The normalized spacial score (nSPS) is 12.6. The Balaban J connectivity index is -0.000000375. The number of carboxylic acid groups (broad SMARTS) is 2. The number of carboxylic acids is 2. The number of rotatable bonds is 8. The number of hydrogen-bond acceptors (Lipinski definition) is 2. The van der Waals surface area contributed by atoms with Crippen molar-refractivity contribution < 1.29 is 22.7 Å². The van der Waals surface area contributed by atoms with E-state index in [0.717, 1.165) is 19.3 Å². The first kappa shape index (κ1) is 19.5. The molecule has 0 saturated heterocycles. The zero-order valence-electron chi connectivity index (χ0n) is 13.0. The summed E-state index contributed by atoms with van der Waals surface area (Å²) < 4.78 is 0. The summed E-state index contributed by atoms with van der Waals surface area (Å²) in [6, 6.07) is 0. The molecule has 98 valence electrons. The maximum absolute atomic E-state index is 11.1. The van der Waals surface area contributed by atoms with E-state index in [9.17, 15) is 9.59 Å². The van der Waals surface area contributed by atoms with Gasteiger partial charge in [-0.1, -0.05) is 39.5 Å². The van der Waals surface area contributed by atoms with Gasteiger partial charge in [-0.05, 0) is 19.3 Å². The summed E-state index contributed by atoms with van der Waals surface area (Å²) in [4.78, 5) is 22.2. The zero-order chi connectivity index (χ0) is 12.8. The van der Waals surface area contributed by atoms with Crippen LogP contribution >= 0.6 is 0 Å². The van der Waals surface area contributed by atoms with Crippen molar-refractivity contribution in [1.82, 2.24) is 0 Å². The maximum Gasteiger partial charge on any atom is 2.00 e.